The molecule has 166 valence electrons. The zero-order valence-corrected chi connectivity index (χ0v) is 19.0. The summed E-state index contributed by atoms with van der Waals surface area (Å²) in [6.07, 6.45) is 12.5. The van der Waals surface area contributed by atoms with Crippen LogP contribution in [0.15, 0.2) is 77.5 Å². The summed E-state index contributed by atoms with van der Waals surface area (Å²) in [4.78, 5) is 20.1. The summed E-state index contributed by atoms with van der Waals surface area (Å²) in [5, 5.41) is 0. The monoisotopic (exact) mass is 430 g/mol. The minimum absolute atomic E-state index is 0.00142. The van der Waals surface area contributed by atoms with Crippen molar-refractivity contribution in [1.82, 2.24) is 9.88 Å². The third-order valence-corrected chi connectivity index (χ3v) is 6.37. The number of amides is 1. The standard InChI is InChI=1S/C28H31FN2O/c1-20(22-13-15-25(29)16-14-22)17-28(32)31(19-26-11-5-7-21(2)30-26)27-12-6-10-23-8-3-4-9-24(23)18-27/h5,7,10-16,18,20H,3-4,6,8-9,17,19H2,1-2H3/t20-/m0/s1. The van der Waals surface area contributed by atoms with E-state index in [-0.39, 0.29) is 17.6 Å². The van der Waals surface area contributed by atoms with Crippen molar-refractivity contribution in [1.29, 1.82) is 0 Å². The average molecular weight is 431 g/mol. The van der Waals surface area contributed by atoms with Gasteiger partial charge in [0.25, 0.3) is 0 Å². The maximum absolute atomic E-state index is 13.6. The molecule has 1 amide bonds. The van der Waals surface area contributed by atoms with Crippen molar-refractivity contribution < 1.29 is 9.18 Å². The molecular formula is C28H31FN2O. The molecule has 2 aliphatic rings. The number of halogens is 1. The van der Waals surface area contributed by atoms with E-state index < -0.39 is 0 Å². The number of carbonyl (C=O) groups is 1. The highest BCUT2D eigenvalue weighted by molar-refractivity contribution is 5.79. The summed E-state index contributed by atoms with van der Waals surface area (Å²) in [5.41, 5.74) is 6.56. The zero-order valence-electron chi connectivity index (χ0n) is 19.0. The van der Waals surface area contributed by atoms with Crippen LogP contribution in [0.25, 0.3) is 0 Å². The Balaban J connectivity index is 1.60. The van der Waals surface area contributed by atoms with Gasteiger partial charge in [-0.1, -0.05) is 37.3 Å². The van der Waals surface area contributed by atoms with Crippen molar-refractivity contribution >= 4 is 5.91 Å². The maximum atomic E-state index is 13.6. The first kappa shape index (κ1) is 22.2. The lowest BCUT2D eigenvalue weighted by Crippen LogP contribution is -2.31. The van der Waals surface area contributed by atoms with E-state index in [1.807, 2.05) is 36.9 Å². The molecule has 1 aromatic carbocycles. The van der Waals surface area contributed by atoms with Crippen molar-refractivity contribution in [2.24, 2.45) is 0 Å². The number of aryl methyl sites for hydroxylation is 1. The average Bonchev–Trinajstić information content (AvgIpc) is 3.00. The quantitative estimate of drug-likeness (QED) is 0.507. The Morgan fingerprint density at radius 3 is 2.56 bits per heavy atom. The van der Waals surface area contributed by atoms with Gasteiger partial charge in [-0.25, -0.2) is 4.39 Å². The van der Waals surface area contributed by atoms with Gasteiger partial charge in [0.2, 0.25) is 5.91 Å². The number of fused-ring (bicyclic) bond motifs is 1. The molecule has 1 heterocycles. The molecule has 4 rings (SSSR count). The number of pyridine rings is 1. The second-order valence-corrected chi connectivity index (χ2v) is 8.88. The third-order valence-electron chi connectivity index (χ3n) is 6.37. The van der Waals surface area contributed by atoms with Crippen LogP contribution in [0.5, 0.6) is 0 Å². The molecule has 3 nitrogen and oxygen atoms in total. The number of aromatic nitrogens is 1. The Morgan fingerprint density at radius 2 is 1.81 bits per heavy atom. The predicted molar refractivity (Wildman–Crippen MR) is 126 cm³/mol. The molecule has 1 saturated carbocycles. The van der Waals surface area contributed by atoms with Crippen LogP contribution in [-0.2, 0) is 11.3 Å². The van der Waals surface area contributed by atoms with Gasteiger partial charge in [-0.2, -0.15) is 0 Å². The van der Waals surface area contributed by atoms with E-state index in [1.165, 1.54) is 36.1 Å². The van der Waals surface area contributed by atoms with Crippen molar-refractivity contribution in [3.8, 4) is 0 Å². The highest BCUT2D eigenvalue weighted by Crippen LogP contribution is 2.33. The molecule has 1 atom stereocenters. The molecule has 0 saturated heterocycles. The second kappa shape index (κ2) is 10.1. The molecule has 2 aliphatic carbocycles. The van der Waals surface area contributed by atoms with Gasteiger partial charge < -0.3 is 4.90 Å². The number of nitrogens with zero attached hydrogens (tertiary/aromatic N) is 2. The fourth-order valence-electron chi connectivity index (χ4n) is 4.55. The normalized spacial score (nSPS) is 16.8. The minimum Gasteiger partial charge on any atom is -0.307 e. The Labute approximate surface area is 190 Å². The van der Waals surface area contributed by atoms with Gasteiger partial charge in [0.05, 0.1) is 12.2 Å². The summed E-state index contributed by atoms with van der Waals surface area (Å²) in [6, 6.07) is 12.4. The summed E-state index contributed by atoms with van der Waals surface area (Å²) in [7, 11) is 0. The molecule has 1 fully saturated rings. The number of benzene rings is 1. The first-order chi connectivity index (χ1) is 15.5. The molecule has 2 aromatic rings. The second-order valence-electron chi connectivity index (χ2n) is 8.88. The number of rotatable bonds is 6. The molecule has 0 spiro atoms. The van der Waals surface area contributed by atoms with E-state index in [1.54, 1.807) is 12.1 Å². The van der Waals surface area contributed by atoms with E-state index in [0.29, 0.717) is 13.0 Å². The van der Waals surface area contributed by atoms with Gasteiger partial charge in [-0.3, -0.25) is 9.78 Å². The Kier molecular flexibility index (Phi) is 6.99. The van der Waals surface area contributed by atoms with Crippen molar-refractivity contribution in [2.75, 3.05) is 0 Å². The van der Waals surface area contributed by atoms with Crippen LogP contribution in [0.2, 0.25) is 0 Å². The van der Waals surface area contributed by atoms with E-state index in [4.69, 9.17) is 0 Å². The van der Waals surface area contributed by atoms with Crippen molar-refractivity contribution in [3.63, 3.8) is 0 Å². The summed E-state index contributed by atoms with van der Waals surface area (Å²) < 4.78 is 13.3. The van der Waals surface area contributed by atoms with Gasteiger partial charge in [-0.15, -0.1) is 0 Å². The first-order valence-electron chi connectivity index (χ1n) is 11.6. The molecule has 1 aromatic heterocycles. The zero-order chi connectivity index (χ0) is 22.5. The third kappa shape index (κ3) is 5.42. The van der Waals surface area contributed by atoms with Gasteiger partial charge in [0.15, 0.2) is 0 Å². The summed E-state index contributed by atoms with van der Waals surface area (Å²) in [6.45, 7) is 4.44. The summed E-state index contributed by atoms with van der Waals surface area (Å²) >= 11 is 0. The molecular weight excluding hydrogens is 399 g/mol. The van der Waals surface area contributed by atoms with Gasteiger partial charge in [0.1, 0.15) is 5.82 Å². The highest BCUT2D eigenvalue weighted by Gasteiger charge is 2.23. The molecule has 32 heavy (non-hydrogen) atoms. The van der Waals surface area contributed by atoms with Crippen molar-refractivity contribution in [2.45, 2.75) is 64.8 Å². The number of carbonyl (C=O) groups excluding carboxylic acids is 1. The first-order valence-corrected chi connectivity index (χ1v) is 11.6. The smallest absolute Gasteiger partial charge is 0.227 e. The van der Waals surface area contributed by atoms with Crippen LogP contribution >= 0.6 is 0 Å². The van der Waals surface area contributed by atoms with E-state index in [2.05, 4.69) is 23.2 Å². The van der Waals surface area contributed by atoms with Crippen LogP contribution in [0, 0.1) is 12.7 Å². The van der Waals surface area contributed by atoms with E-state index >= 15 is 0 Å². The minimum atomic E-state index is -0.259. The van der Waals surface area contributed by atoms with Gasteiger partial charge >= 0.3 is 0 Å². The maximum Gasteiger partial charge on any atom is 0.227 e. The van der Waals surface area contributed by atoms with Crippen LogP contribution in [0.3, 0.4) is 0 Å². The molecule has 0 unspecified atom stereocenters. The number of hydrogen-bond acceptors (Lipinski definition) is 2. The lowest BCUT2D eigenvalue weighted by molar-refractivity contribution is -0.130. The van der Waals surface area contributed by atoms with Gasteiger partial charge in [0, 0.05) is 17.8 Å². The Bertz CT molecular complexity index is 1070. The molecule has 0 N–H and O–H groups in total. The van der Waals surface area contributed by atoms with Crippen LogP contribution in [-0.4, -0.2) is 15.8 Å². The van der Waals surface area contributed by atoms with Crippen LogP contribution < -0.4 is 0 Å². The van der Waals surface area contributed by atoms with Crippen LogP contribution in [0.4, 0.5) is 4.39 Å². The highest BCUT2D eigenvalue weighted by atomic mass is 19.1. The van der Waals surface area contributed by atoms with Crippen LogP contribution in [0.1, 0.15) is 68.3 Å². The van der Waals surface area contributed by atoms with E-state index in [9.17, 15) is 9.18 Å². The SMILES string of the molecule is Cc1cccc(CN(C(=O)C[C@H](C)c2ccc(F)cc2)C2=CCC=C3CCCCC3=C2)n1. The largest absolute Gasteiger partial charge is 0.307 e. The lowest BCUT2D eigenvalue weighted by atomic mass is 9.89. The van der Waals surface area contributed by atoms with Crippen molar-refractivity contribution in [3.05, 3.63) is 100 Å². The molecule has 0 aliphatic heterocycles. The topological polar surface area (TPSA) is 33.2 Å². The fourth-order valence-corrected chi connectivity index (χ4v) is 4.55. The number of hydrogen-bond donors (Lipinski definition) is 0. The molecule has 0 bridgehead atoms. The number of allylic oxidation sites excluding steroid dienone is 5. The fraction of sp³-hybridized carbons (Fsp3) is 0.357. The Hall–Kier alpha value is -3.01. The van der Waals surface area contributed by atoms with E-state index in [0.717, 1.165) is 41.9 Å². The molecule has 4 heteroatoms. The summed E-state index contributed by atoms with van der Waals surface area (Å²) in [5.74, 6) is -0.198. The Morgan fingerprint density at radius 1 is 1.06 bits per heavy atom. The molecule has 0 radical (unpaired) electrons. The predicted octanol–water partition coefficient (Wildman–Crippen LogP) is 6.77. The van der Waals surface area contributed by atoms with Gasteiger partial charge in [-0.05, 0) is 92.0 Å². The lowest BCUT2D eigenvalue weighted by Gasteiger charge is -2.26.